The second-order valence-electron chi connectivity index (χ2n) is 3.99. The molecule has 0 aromatic rings. The molecule has 1 unspecified atom stereocenters. The molecule has 0 fully saturated rings. The van der Waals surface area contributed by atoms with E-state index in [0.717, 1.165) is 12.8 Å². The van der Waals surface area contributed by atoms with Gasteiger partial charge in [-0.15, -0.1) is 0 Å². The highest BCUT2D eigenvalue weighted by Crippen LogP contribution is 2.07. The number of hydrogen-bond donors (Lipinski definition) is 1. The van der Waals surface area contributed by atoms with Crippen molar-refractivity contribution >= 4 is 0 Å². The third-order valence-electron chi connectivity index (χ3n) is 1.65. The summed E-state index contributed by atoms with van der Waals surface area (Å²) in [6, 6.07) is 0. The largest absolute Gasteiger partial charge is 0.393 e. The molecule has 0 aromatic heterocycles. The van der Waals surface area contributed by atoms with Crippen LogP contribution in [0.25, 0.3) is 0 Å². The summed E-state index contributed by atoms with van der Waals surface area (Å²) >= 11 is 0. The molecule has 0 aliphatic rings. The summed E-state index contributed by atoms with van der Waals surface area (Å²) in [6.07, 6.45) is 1.72. The lowest BCUT2D eigenvalue weighted by Gasteiger charge is -2.13. The lowest BCUT2D eigenvalue weighted by Crippen LogP contribution is -2.15. The minimum absolute atomic E-state index is 0.191. The number of ether oxygens (including phenoxy) is 1. The second kappa shape index (κ2) is 6.44. The summed E-state index contributed by atoms with van der Waals surface area (Å²) < 4.78 is 5.33. The monoisotopic (exact) mass is 174 g/mol. The zero-order valence-corrected chi connectivity index (χ0v) is 8.71. The number of rotatable bonds is 6. The van der Waals surface area contributed by atoms with Crippen LogP contribution in [-0.2, 0) is 4.74 Å². The number of aliphatic hydroxyl groups excluding tert-OH is 1. The van der Waals surface area contributed by atoms with E-state index in [1.54, 1.807) is 0 Å². The van der Waals surface area contributed by atoms with Gasteiger partial charge in [0.1, 0.15) is 0 Å². The number of hydrogen-bond acceptors (Lipinski definition) is 2. The van der Waals surface area contributed by atoms with Gasteiger partial charge >= 0.3 is 0 Å². The van der Waals surface area contributed by atoms with E-state index in [1.807, 2.05) is 13.8 Å². The zero-order valence-electron chi connectivity index (χ0n) is 8.71. The summed E-state index contributed by atoms with van der Waals surface area (Å²) in [6.45, 7) is 8.92. The molecular formula is C10H22O2. The van der Waals surface area contributed by atoms with Gasteiger partial charge in [-0.05, 0) is 32.6 Å². The molecule has 0 aliphatic heterocycles. The van der Waals surface area contributed by atoms with Gasteiger partial charge < -0.3 is 9.84 Å². The highest BCUT2D eigenvalue weighted by Gasteiger charge is 2.06. The molecule has 0 amide bonds. The SMILES string of the molecule is CC(C)CC(O)CCOC(C)C. The molecule has 0 aromatic carbocycles. The van der Waals surface area contributed by atoms with Gasteiger partial charge in [-0.2, -0.15) is 0 Å². The van der Waals surface area contributed by atoms with Crippen LogP contribution in [0.5, 0.6) is 0 Å². The summed E-state index contributed by atoms with van der Waals surface area (Å²) in [5, 5.41) is 9.45. The van der Waals surface area contributed by atoms with Crippen LogP contribution in [0, 0.1) is 5.92 Å². The highest BCUT2D eigenvalue weighted by atomic mass is 16.5. The second-order valence-corrected chi connectivity index (χ2v) is 3.99. The van der Waals surface area contributed by atoms with Gasteiger partial charge in [-0.25, -0.2) is 0 Å². The van der Waals surface area contributed by atoms with E-state index in [9.17, 15) is 5.11 Å². The smallest absolute Gasteiger partial charge is 0.0564 e. The van der Waals surface area contributed by atoms with Crippen LogP contribution in [0.3, 0.4) is 0 Å². The molecule has 0 aliphatic carbocycles. The van der Waals surface area contributed by atoms with Crippen LogP contribution in [0.2, 0.25) is 0 Å². The Balaban J connectivity index is 3.25. The van der Waals surface area contributed by atoms with Crippen LogP contribution in [0.4, 0.5) is 0 Å². The fraction of sp³-hybridized carbons (Fsp3) is 1.00. The van der Waals surface area contributed by atoms with E-state index >= 15 is 0 Å². The van der Waals surface area contributed by atoms with Crippen molar-refractivity contribution in [3.8, 4) is 0 Å². The summed E-state index contributed by atoms with van der Waals surface area (Å²) in [5.74, 6) is 0.569. The molecule has 12 heavy (non-hydrogen) atoms. The van der Waals surface area contributed by atoms with Gasteiger partial charge in [-0.1, -0.05) is 13.8 Å². The fourth-order valence-electron chi connectivity index (χ4n) is 1.10. The van der Waals surface area contributed by atoms with Crippen molar-refractivity contribution < 1.29 is 9.84 Å². The Hall–Kier alpha value is -0.0800. The quantitative estimate of drug-likeness (QED) is 0.669. The van der Waals surface area contributed by atoms with Crippen LogP contribution in [0.1, 0.15) is 40.5 Å². The first-order chi connectivity index (χ1) is 5.52. The van der Waals surface area contributed by atoms with E-state index in [0.29, 0.717) is 12.5 Å². The standard InChI is InChI=1S/C10H22O2/c1-8(2)7-10(11)5-6-12-9(3)4/h8-11H,5-7H2,1-4H3. The van der Waals surface area contributed by atoms with Crippen molar-refractivity contribution in [2.45, 2.75) is 52.7 Å². The van der Waals surface area contributed by atoms with Gasteiger partial charge in [0.15, 0.2) is 0 Å². The van der Waals surface area contributed by atoms with Gasteiger partial charge in [0.2, 0.25) is 0 Å². The maximum absolute atomic E-state index is 9.45. The maximum Gasteiger partial charge on any atom is 0.0564 e. The van der Waals surface area contributed by atoms with Crippen molar-refractivity contribution in [1.29, 1.82) is 0 Å². The van der Waals surface area contributed by atoms with Crippen molar-refractivity contribution in [1.82, 2.24) is 0 Å². The first-order valence-electron chi connectivity index (χ1n) is 4.82. The lowest BCUT2D eigenvalue weighted by molar-refractivity contribution is 0.0413. The van der Waals surface area contributed by atoms with Crippen molar-refractivity contribution in [2.24, 2.45) is 5.92 Å². The summed E-state index contributed by atoms with van der Waals surface area (Å²) in [4.78, 5) is 0. The Kier molecular flexibility index (Phi) is 6.39. The van der Waals surface area contributed by atoms with Gasteiger partial charge in [0.25, 0.3) is 0 Å². The highest BCUT2D eigenvalue weighted by molar-refractivity contribution is 4.57. The molecule has 0 bridgehead atoms. The minimum Gasteiger partial charge on any atom is -0.393 e. The average Bonchev–Trinajstić information content (AvgIpc) is 1.84. The fourth-order valence-corrected chi connectivity index (χ4v) is 1.10. The third kappa shape index (κ3) is 8.02. The zero-order chi connectivity index (χ0) is 9.56. The molecule has 2 heteroatoms. The van der Waals surface area contributed by atoms with Crippen molar-refractivity contribution in [3.05, 3.63) is 0 Å². The molecule has 74 valence electrons. The van der Waals surface area contributed by atoms with Crippen LogP contribution < -0.4 is 0 Å². The normalized spacial score (nSPS) is 14.2. The Morgan fingerprint density at radius 1 is 1.17 bits per heavy atom. The minimum atomic E-state index is -0.191. The molecular weight excluding hydrogens is 152 g/mol. The third-order valence-corrected chi connectivity index (χ3v) is 1.65. The topological polar surface area (TPSA) is 29.5 Å². The molecule has 0 spiro atoms. The first kappa shape index (κ1) is 11.9. The molecule has 0 heterocycles. The first-order valence-corrected chi connectivity index (χ1v) is 4.82. The van der Waals surface area contributed by atoms with Crippen molar-refractivity contribution in [3.63, 3.8) is 0 Å². The van der Waals surface area contributed by atoms with Crippen LogP contribution >= 0.6 is 0 Å². The van der Waals surface area contributed by atoms with E-state index < -0.39 is 0 Å². The maximum atomic E-state index is 9.45. The predicted molar refractivity (Wildman–Crippen MR) is 51.2 cm³/mol. The van der Waals surface area contributed by atoms with E-state index in [1.165, 1.54) is 0 Å². The van der Waals surface area contributed by atoms with Gasteiger partial charge in [-0.3, -0.25) is 0 Å². The molecule has 0 saturated heterocycles. The summed E-state index contributed by atoms with van der Waals surface area (Å²) in [7, 11) is 0. The van der Waals surface area contributed by atoms with Crippen molar-refractivity contribution in [2.75, 3.05) is 6.61 Å². The predicted octanol–water partition coefficient (Wildman–Crippen LogP) is 2.21. The molecule has 0 radical (unpaired) electrons. The van der Waals surface area contributed by atoms with Crippen LogP contribution in [-0.4, -0.2) is 23.9 Å². The van der Waals surface area contributed by atoms with Gasteiger partial charge in [0.05, 0.1) is 12.2 Å². The Labute approximate surface area is 75.9 Å². The average molecular weight is 174 g/mol. The van der Waals surface area contributed by atoms with Gasteiger partial charge in [0, 0.05) is 6.61 Å². The summed E-state index contributed by atoms with van der Waals surface area (Å²) in [5.41, 5.74) is 0. The van der Waals surface area contributed by atoms with E-state index in [2.05, 4.69) is 13.8 Å². The van der Waals surface area contributed by atoms with E-state index in [4.69, 9.17) is 4.74 Å². The molecule has 0 rings (SSSR count). The van der Waals surface area contributed by atoms with E-state index in [-0.39, 0.29) is 12.2 Å². The molecule has 0 saturated carbocycles. The Bertz CT molecular complexity index is 100. The molecule has 1 N–H and O–H groups in total. The molecule has 1 atom stereocenters. The molecule has 2 nitrogen and oxygen atoms in total. The Morgan fingerprint density at radius 2 is 1.75 bits per heavy atom. The lowest BCUT2D eigenvalue weighted by atomic mass is 10.0. The number of aliphatic hydroxyl groups is 1. The van der Waals surface area contributed by atoms with Crippen LogP contribution in [0.15, 0.2) is 0 Å². The Morgan fingerprint density at radius 3 is 2.17 bits per heavy atom.